The van der Waals surface area contributed by atoms with Gasteiger partial charge in [-0.3, -0.25) is 4.79 Å². The summed E-state index contributed by atoms with van der Waals surface area (Å²) < 4.78 is 52.4. The second kappa shape index (κ2) is 4.96. The van der Waals surface area contributed by atoms with Gasteiger partial charge in [-0.15, -0.1) is 0 Å². The minimum atomic E-state index is -4.17. The lowest BCUT2D eigenvalue weighted by atomic mass is 9.57. The van der Waals surface area contributed by atoms with E-state index in [0.717, 1.165) is 0 Å². The summed E-state index contributed by atoms with van der Waals surface area (Å²) in [6, 6.07) is 5.16. The Balaban J connectivity index is 1.70. The van der Waals surface area contributed by atoms with E-state index in [1.54, 1.807) is 0 Å². The third-order valence-electron chi connectivity index (χ3n) is 5.33. The molecule has 0 heterocycles. The van der Waals surface area contributed by atoms with E-state index < -0.39 is 22.9 Å². The van der Waals surface area contributed by atoms with Crippen LogP contribution in [0.4, 0.5) is 17.6 Å². The number of hydrogen-bond donors (Lipinski definition) is 1. The van der Waals surface area contributed by atoms with E-state index in [2.05, 4.69) is 5.32 Å². The van der Waals surface area contributed by atoms with Crippen LogP contribution in [-0.4, -0.2) is 17.6 Å². The number of nitrogens with one attached hydrogen (secondary N) is 1. The Hall–Kier alpha value is -1.59. The monoisotopic (exact) mass is 315 g/mol. The zero-order chi connectivity index (χ0) is 16.0. The van der Waals surface area contributed by atoms with Gasteiger partial charge >= 0.3 is 6.18 Å². The molecule has 0 aliphatic heterocycles. The van der Waals surface area contributed by atoms with Gasteiger partial charge in [-0.2, -0.15) is 13.2 Å². The van der Waals surface area contributed by atoms with Crippen LogP contribution < -0.4 is 5.32 Å². The maximum absolute atomic E-state index is 13.2. The van der Waals surface area contributed by atoms with Gasteiger partial charge in [0.25, 0.3) is 5.91 Å². The maximum Gasteiger partial charge on any atom is 0.394 e. The molecule has 3 fully saturated rings. The van der Waals surface area contributed by atoms with Crippen molar-refractivity contribution >= 4 is 5.91 Å². The van der Waals surface area contributed by atoms with Crippen LogP contribution in [0.5, 0.6) is 0 Å². The molecule has 0 spiro atoms. The van der Waals surface area contributed by atoms with Gasteiger partial charge in [-0.25, -0.2) is 4.39 Å². The average Bonchev–Trinajstić information content (AvgIpc) is 2.48. The van der Waals surface area contributed by atoms with Gasteiger partial charge in [0, 0.05) is 11.1 Å². The number of carbonyl (C=O) groups is 1. The molecule has 4 rings (SSSR count). The molecule has 2 nitrogen and oxygen atoms in total. The molecular formula is C16H17F4NO. The number of alkyl halides is 3. The second-order valence-corrected chi connectivity index (χ2v) is 6.52. The van der Waals surface area contributed by atoms with Gasteiger partial charge in [0.1, 0.15) is 5.82 Å². The van der Waals surface area contributed by atoms with Crippen LogP contribution in [-0.2, 0) is 0 Å². The van der Waals surface area contributed by atoms with E-state index in [1.165, 1.54) is 24.3 Å². The summed E-state index contributed by atoms with van der Waals surface area (Å²) in [5, 5.41) is 2.90. The number of fused-ring (bicyclic) bond motifs is 3. The number of hydrogen-bond acceptors (Lipinski definition) is 1. The Morgan fingerprint density at radius 1 is 0.955 bits per heavy atom. The molecular weight excluding hydrogens is 298 g/mol. The number of halogens is 4. The molecule has 6 heteroatoms. The van der Waals surface area contributed by atoms with E-state index in [-0.39, 0.29) is 25.2 Å². The Labute approximate surface area is 125 Å². The van der Waals surface area contributed by atoms with E-state index in [9.17, 15) is 22.4 Å². The first-order valence-electron chi connectivity index (χ1n) is 7.40. The van der Waals surface area contributed by atoms with Gasteiger partial charge in [0.05, 0.1) is 5.41 Å². The summed E-state index contributed by atoms with van der Waals surface area (Å²) in [5.74, 6) is -0.776. The van der Waals surface area contributed by atoms with Crippen LogP contribution in [0.3, 0.4) is 0 Å². The third kappa shape index (κ3) is 2.48. The summed E-state index contributed by atoms with van der Waals surface area (Å²) in [6.07, 6.45) is -2.92. The standard InChI is InChI=1S/C16H17F4NO/c17-12-3-1-11(2-4-12)13(22)21-15-8-5-14(6-9-15,7-10-15)16(18,19)20/h1-4H,5-10H2,(H,21,22). The van der Waals surface area contributed by atoms with Crippen molar-refractivity contribution < 1.29 is 22.4 Å². The lowest BCUT2D eigenvalue weighted by Crippen LogP contribution is -2.59. The number of amides is 1. The number of benzene rings is 1. The Kier molecular flexibility index (Phi) is 3.45. The van der Waals surface area contributed by atoms with E-state index in [0.29, 0.717) is 24.8 Å². The van der Waals surface area contributed by atoms with E-state index in [4.69, 9.17) is 0 Å². The smallest absolute Gasteiger partial charge is 0.347 e. The molecule has 3 saturated carbocycles. The minimum Gasteiger partial charge on any atom is -0.347 e. The molecule has 3 aliphatic carbocycles. The summed E-state index contributed by atoms with van der Waals surface area (Å²) in [4.78, 5) is 12.2. The molecule has 0 radical (unpaired) electrons. The molecule has 0 aromatic heterocycles. The zero-order valence-corrected chi connectivity index (χ0v) is 12.0. The fraction of sp³-hybridized carbons (Fsp3) is 0.562. The fourth-order valence-electron chi connectivity index (χ4n) is 3.71. The van der Waals surface area contributed by atoms with Crippen molar-refractivity contribution in [2.24, 2.45) is 5.41 Å². The Morgan fingerprint density at radius 3 is 1.91 bits per heavy atom. The topological polar surface area (TPSA) is 29.1 Å². The molecule has 1 N–H and O–H groups in total. The third-order valence-corrected chi connectivity index (χ3v) is 5.33. The first kappa shape index (κ1) is 15.3. The Morgan fingerprint density at radius 2 is 1.45 bits per heavy atom. The highest BCUT2D eigenvalue weighted by Gasteiger charge is 2.61. The van der Waals surface area contributed by atoms with Crippen molar-refractivity contribution in [2.45, 2.75) is 50.2 Å². The molecule has 2 bridgehead atoms. The van der Waals surface area contributed by atoms with Gasteiger partial charge in [0.15, 0.2) is 0 Å². The summed E-state index contributed by atoms with van der Waals surface area (Å²) in [7, 11) is 0. The zero-order valence-electron chi connectivity index (χ0n) is 12.0. The predicted molar refractivity (Wildman–Crippen MR) is 72.8 cm³/mol. The SMILES string of the molecule is O=C(NC12CCC(C(F)(F)F)(CC1)CC2)c1ccc(F)cc1. The quantitative estimate of drug-likeness (QED) is 0.814. The maximum atomic E-state index is 13.2. The largest absolute Gasteiger partial charge is 0.394 e. The van der Waals surface area contributed by atoms with Crippen molar-refractivity contribution in [3.63, 3.8) is 0 Å². The van der Waals surface area contributed by atoms with Crippen LogP contribution in [0.2, 0.25) is 0 Å². The molecule has 0 saturated heterocycles. The molecule has 1 amide bonds. The first-order chi connectivity index (χ1) is 10.3. The highest BCUT2D eigenvalue weighted by atomic mass is 19.4. The molecule has 0 atom stereocenters. The highest BCUT2D eigenvalue weighted by molar-refractivity contribution is 5.94. The summed E-state index contributed by atoms with van der Waals surface area (Å²) in [5.41, 5.74) is -1.78. The summed E-state index contributed by atoms with van der Waals surface area (Å²) in [6.45, 7) is 0. The summed E-state index contributed by atoms with van der Waals surface area (Å²) >= 11 is 0. The molecule has 22 heavy (non-hydrogen) atoms. The molecule has 3 aliphatic rings. The van der Waals surface area contributed by atoms with Crippen molar-refractivity contribution in [3.05, 3.63) is 35.6 Å². The second-order valence-electron chi connectivity index (χ2n) is 6.52. The lowest BCUT2D eigenvalue weighted by molar-refractivity contribution is -0.253. The van der Waals surface area contributed by atoms with Crippen LogP contribution in [0, 0.1) is 11.2 Å². The van der Waals surface area contributed by atoms with Crippen molar-refractivity contribution in [1.29, 1.82) is 0 Å². The molecule has 1 aromatic rings. The van der Waals surface area contributed by atoms with Crippen LogP contribution in [0.15, 0.2) is 24.3 Å². The van der Waals surface area contributed by atoms with Crippen molar-refractivity contribution in [3.8, 4) is 0 Å². The average molecular weight is 315 g/mol. The van der Waals surface area contributed by atoms with Crippen molar-refractivity contribution in [1.82, 2.24) is 5.32 Å². The van der Waals surface area contributed by atoms with Crippen LogP contribution in [0.25, 0.3) is 0 Å². The molecule has 120 valence electrons. The fourth-order valence-corrected chi connectivity index (χ4v) is 3.71. The van der Waals surface area contributed by atoms with E-state index >= 15 is 0 Å². The van der Waals surface area contributed by atoms with E-state index in [1.807, 2.05) is 0 Å². The Bertz CT molecular complexity index is 554. The number of carbonyl (C=O) groups excluding carboxylic acids is 1. The van der Waals surface area contributed by atoms with Crippen LogP contribution in [0.1, 0.15) is 48.9 Å². The lowest BCUT2D eigenvalue weighted by Gasteiger charge is -2.53. The van der Waals surface area contributed by atoms with Crippen molar-refractivity contribution in [2.75, 3.05) is 0 Å². The first-order valence-corrected chi connectivity index (χ1v) is 7.40. The predicted octanol–water partition coefficient (Wildman–Crippen LogP) is 4.21. The minimum absolute atomic E-state index is 0.0696. The van der Waals surface area contributed by atoms with Gasteiger partial charge in [-0.05, 0) is 62.8 Å². The van der Waals surface area contributed by atoms with Gasteiger partial charge in [0.2, 0.25) is 0 Å². The number of rotatable bonds is 2. The van der Waals surface area contributed by atoms with Gasteiger partial charge in [-0.1, -0.05) is 0 Å². The van der Waals surface area contributed by atoms with Gasteiger partial charge < -0.3 is 5.32 Å². The molecule has 0 unspecified atom stereocenters. The molecule has 1 aromatic carbocycles. The van der Waals surface area contributed by atoms with Crippen LogP contribution >= 0.6 is 0 Å². The normalized spacial score (nSPS) is 31.1. The highest BCUT2D eigenvalue weighted by Crippen LogP contribution is 2.59.